The molecule has 0 heterocycles. The Morgan fingerprint density at radius 3 is 2.21 bits per heavy atom. The lowest BCUT2D eigenvalue weighted by Crippen LogP contribution is -2.54. The molecule has 0 aromatic heterocycles. The second-order valence-electron chi connectivity index (χ2n) is 11.8. The Morgan fingerprint density at radius 2 is 1.62 bits per heavy atom. The van der Waals surface area contributed by atoms with E-state index in [0.29, 0.717) is 17.5 Å². The highest BCUT2D eigenvalue weighted by Crippen LogP contribution is 2.27. The second kappa shape index (κ2) is 18.8. The number of unbranched alkanes of at least 4 members (excludes halogenated alkanes) is 5. The summed E-state index contributed by atoms with van der Waals surface area (Å²) >= 11 is 0. The van der Waals surface area contributed by atoms with Crippen molar-refractivity contribution in [3.63, 3.8) is 0 Å². The molecule has 0 aliphatic rings. The summed E-state index contributed by atoms with van der Waals surface area (Å²) in [5.74, 6) is 1.18. The number of hydrogen-bond donors (Lipinski definition) is 3. The number of nitrogens with zero attached hydrogens (tertiary/aromatic N) is 1. The Bertz CT molecular complexity index is 1060. The van der Waals surface area contributed by atoms with Crippen LogP contribution in [0.2, 0.25) is 0 Å². The van der Waals surface area contributed by atoms with Gasteiger partial charge in [-0.3, -0.25) is 14.4 Å². The number of rotatable bonds is 18. The second-order valence-corrected chi connectivity index (χ2v) is 11.8. The van der Waals surface area contributed by atoms with Crippen LogP contribution in [0.5, 0.6) is 0 Å². The predicted octanol–water partition coefficient (Wildman–Crippen LogP) is 5.36. The molecule has 0 spiro atoms. The standard InChI is InChI=1S/C33H52N4O5/c1-8-11-12-13-14-17-23-37(31(40)27(21-22-28(34)38)36-32(41)42-33(5,6)7)29(30(39)35-24(4)18-9-2)26-20-16-15-19-25(26)10-3/h3,15-16,19-20,24,27,29H,8-9,11-14,17-18,21-23H2,1-2,4-7H3,(H2,34,38)(H,35,39)(H,36,41). The van der Waals surface area contributed by atoms with E-state index < -0.39 is 35.6 Å². The van der Waals surface area contributed by atoms with Gasteiger partial charge >= 0.3 is 6.09 Å². The van der Waals surface area contributed by atoms with Crippen LogP contribution in [0.15, 0.2) is 24.3 Å². The molecular formula is C33H52N4O5. The van der Waals surface area contributed by atoms with E-state index in [-0.39, 0.29) is 31.3 Å². The van der Waals surface area contributed by atoms with Gasteiger partial charge in [0, 0.05) is 24.6 Å². The van der Waals surface area contributed by atoms with Crippen molar-refractivity contribution in [2.75, 3.05) is 6.54 Å². The number of benzene rings is 1. The maximum absolute atomic E-state index is 14.3. The van der Waals surface area contributed by atoms with Crippen LogP contribution in [0.3, 0.4) is 0 Å². The van der Waals surface area contributed by atoms with E-state index in [4.69, 9.17) is 16.9 Å². The zero-order valence-corrected chi connectivity index (χ0v) is 26.5. The van der Waals surface area contributed by atoms with Gasteiger partial charge < -0.3 is 26.0 Å². The van der Waals surface area contributed by atoms with Gasteiger partial charge in [-0.1, -0.05) is 76.5 Å². The third-order valence-corrected chi connectivity index (χ3v) is 6.79. The Morgan fingerprint density at radius 1 is 0.976 bits per heavy atom. The van der Waals surface area contributed by atoms with Gasteiger partial charge in [-0.25, -0.2) is 4.79 Å². The molecule has 0 bridgehead atoms. The van der Waals surface area contributed by atoms with Crippen molar-refractivity contribution in [3.8, 4) is 12.3 Å². The van der Waals surface area contributed by atoms with Crippen LogP contribution in [-0.2, 0) is 19.1 Å². The predicted molar refractivity (Wildman–Crippen MR) is 166 cm³/mol. The fourth-order valence-electron chi connectivity index (χ4n) is 4.77. The zero-order chi connectivity index (χ0) is 31.7. The molecule has 1 aromatic carbocycles. The van der Waals surface area contributed by atoms with Crippen molar-refractivity contribution < 1.29 is 23.9 Å². The third-order valence-electron chi connectivity index (χ3n) is 6.79. The van der Waals surface area contributed by atoms with Crippen molar-refractivity contribution in [3.05, 3.63) is 35.4 Å². The molecule has 9 heteroatoms. The molecule has 3 atom stereocenters. The van der Waals surface area contributed by atoms with Crippen molar-refractivity contribution >= 4 is 23.8 Å². The van der Waals surface area contributed by atoms with Gasteiger partial charge in [0.05, 0.1) is 0 Å². The molecule has 1 rings (SSSR count). The molecule has 234 valence electrons. The molecule has 3 unspecified atom stereocenters. The lowest BCUT2D eigenvalue weighted by molar-refractivity contribution is -0.143. The normalized spacial score (nSPS) is 13.3. The minimum atomic E-state index is -1.14. The molecule has 0 fully saturated rings. The lowest BCUT2D eigenvalue weighted by atomic mass is 9.96. The average Bonchev–Trinajstić information content (AvgIpc) is 2.90. The van der Waals surface area contributed by atoms with Crippen molar-refractivity contribution in [2.24, 2.45) is 5.73 Å². The minimum Gasteiger partial charge on any atom is -0.444 e. The summed E-state index contributed by atoms with van der Waals surface area (Å²) in [5, 5.41) is 5.69. The molecule has 0 aliphatic heterocycles. The molecule has 0 saturated heterocycles. The SMILES string of the molecule is C#Cc1ccccc1C(C(=O)NC(C)CCC)N(CCCCCCCC)C(=O)C(CCC(N)=O)NC(=O)OC(C)(C)C. The number of alkyl carbamates (subject to hydrolysis) is 1. The average molecular weight is 585 g/mol. The van der Waals surface area contributed by atoms with Gasteiger partial charge in [0.1, 0.15) is 17.7 Å². The first kappa shape index (κ1) is 36.5. The van der Waals surface area contributed by atoms with Crippen LogP contribution in [0.1, 0.15) is 123 Å². The van der Waals surface area contributed by atoms with Gasteiger partial charge in [-0.05, 0) is 58.6 Å². The number of terminal acetylenes is 1. The van der Waals surface area contributed by atoms with Crippen molar-refractivity contribution in [1.29, 1.82) is 0 Å². The first-order chi connectivity index (χ1) is 19.8. The monoisotopic (exact) mass is 584 g/mol. The van der Waals surface area contributed by atoms with E-state index in [9.17, 15) is 19.2 Å². The maximum atomic E-state index is 14.3. The van der Waals surface area contributed by atoms with E-state index in [2.05, 4.69) is 23.5 Å². The van der Waals surface area contributed by atoms with Crippen molar-refractivity contribution in [2.45, 2.75) is 129 Å². The molecule has 1 aromatic rings. The van der Waals surface area contributed by atoms with E-state index in [0.717, 1.165) is 44.9 Å². The third kappa shape index (κ3) is 13.4. The molecule has 0 aliphatic carbocycles. The summed E-state index contributed by atoms with van der Waals surface area (Å²) in [6.07, 6.45) is 12.4. The van der Waals surface area contributed by atoms with Gasteiger partial charge in [-0.15, -0.1) is 6.42 Å². The van der Waals surface area contributed by atoms with Gasteiger partial charge in [0.15, 0.2) is 0 Å². The number of amides is 4. The number of carbonyl (C=O) groups excluding carboxylic acids is 4. The van der Waals surface area contributed by atoms with E-state index >= 15 is 0 Å². The molecule has 9 nitrogen and oxygen atoms in total. The van der Waals surface area contributed by atoms with Crippen LogP contribution in [0, 0.1) is 12.3 Å². The highest BCUT2D eigenvalue weighted by molar-refractivity contribution is 5.93. The Labute approximate surface area is 252 Å². The Balaban J connectivity index is 3.58. The Hall–Kier alpha value is -3.54. The fraction of sp³-hybridized carbons (Fsp3) is 0.636. The van der Waals surface area contributed by atoms with Crippen LogP contribution in [-0.4, -0.2) is 52.9 Å². The number of hydrogen-bond acceptors (Lipinski definition) is 5. The zero-order valence-electron chi connectivity index (χ0n) is 26.5. The fourth-order valence-corrected chi connectivity index (χ4v) is 4.77. The summed E-state index contributed by atoms with van der Waals surface area (Å²) in [5.41, 5.74) is 5.63. The van der Waals surface area contributed by atoms with Crippen molar-refractivity contribution in [1.82, 2.24) is 15.5 Å². The summed E-state index contributed by atoms with van der Waals surface area (Å²) in [6.45, 7) is 11.5. The van der Waals surface area contributed by atoms with Crippen LogP contribution < -0.4 is 16.4 Å². The summed E-state index contributed by atoms with van der Waals surface area (Å²) in [7, 11) is 0. The molecule has 0 saturated carbocycles. The van der Waals surface area contributed by atoms with Crippen LogP contribution >= 0.6 is 0 Å². The molecule has 4 amide bonds. The summed E-state index contributed by atoms with van der Waals surface area (Å²) in [6, 6.07) is 4.74. The first-order valence-corrected chi connectivity index (χ1v) is 15.3. The number of carbonyl (C=O) groups is 4. The number of ether oxygens (including phenoxy) is 1. The van der Waals surface area contributed by atoms with Gasteiger partial charge in [0.25, 0.3) is 0 Å². The smallest absolute Gasteiger partial charge is 0.408 e. The Kier molecular flexibility index (Phi) is 16.3. The minimum absolute atomic E-state index is 0.0439. The van der Waals surface area contributed by atoms with E-state index in [1.165, 1.54) is 4.90 Å². The van der Waals surface area contributed by atoms with Crippen LogP contribution in [0.25, 0.3) is 0 Å². The van der Waals surface area contributed by atoms with E-state index in [1.54, 1.807) is 45.0 Å². The first-order valence-electron chi connectivity index (χ1n) is 15.3. The highest BCUT2D eigenvalue weighted by atomic mass is 16.6. The summed E-state index contributed by atoms with van der Waals surface area (Å²) < 4.78 is 5.41. The number of nitrogens with one attached hydrogen (secondary N) is 2. The molecule has 0 radical (unpaired) electrons. The largest absolute Gasteiger partial charge is 0.444 e. The number of nitrogens with two attached hydrogens (primary N) is 1. The lowest BCUT2D eigenvalue weighted by Gasteiger charge is -2.35. The quantitative estimate of drug-likeness (QED) is 0.158. The van der Waals surface area contributed by atoms with Crippen LogP contribution in [0.4, 0.5) is 4.79 Å². The van der Waals surface area contributed by atoms with E-state index in [1.807, 2.05) is 13.8 Å². The van der Waals surface area contributed by atoms with Gasteiger partial charge in [0.2, 0.25) is 17.7 Å². The maximum Gasteiger partial charge on any atom is 0.408 e. The molecule has 42 heavy (non-hydrogen) atoms. The summed E-state index contributed by atoms with van der Waals surface area (Å²) in [4.78, 5) is 54.2. The highest BCUT2D eigenvalue weighted by Gasteiger charge is 2.37. The topological polar surface area (TPSA) is 131 Å². The van der Waals surface area contributed by atoms with Gasteiger partial charge in [-0.2, -0.15) is 0 Å². The molecular weight excluding hydrogens is 532 g/mol. The molecule has 4 N–H and O–H groups in total. The number of primary amides is 1.